The lowest BCUT2D eigenvalue weighted by atomic mass is 10.1. The molecule has 0 N–H and O–H groups in total. The van der Waals surface area contributed by atoms with E-state index >= 15 is 0 Å². The molecule has 4 nitrogen and oxygen atoms in total. The van der Waals surface area contributed by atoms with Gasteiger partial charge < -0.3 is 4.74 Å². The van der Waals surface area contributed by atoms with Crippen LogP contribution in [0.4, 0.5) is 4.79 Å². The number of benzene rings is 1. The standard InChI is InChI=1S/C16H19NO3/c1-2-3-5-10-15(18)17-14(12-20-16(17)19)11-13-8-6-4-7-9-13/h4-10,14H,2-3,11-12H2,1H3/b10-5+/t14-/m0/s1. The van der Waals surface area contributed by atoms with Crippen LogP contribution in [0.15, 0.2) is 42.5 Å². The summed E-state index contributed by atoms with van der Waals surface area (Å²) in [4.78, 5) is 25.0. The summed E-state index contributed by atoms with van der Waals surface area (Å²) in [7, 11) is 0. The van der Waals surface area contributed by atoms with Crippen molar-refractivity contribution in [3.05, 3.63) is 48.0 Å². The Hall–Kier alpha value is -2.10. The zero-order chi connectivity index (χ0) is 14.4. The van der Waals surface area contributed by atoms with Gasteiger partial charge in [-0.25, -0.2) is 9.69 Å². The predicted molar refractivity (Wildman–Crippen MR) is 76.2 cm³/mol. The minimum absolute atomic E-state index is 0.219. The molecule has 1 saturated heterocycles. The SMILES string of the molecule is CCC/C=C/C(=O)N1C(=O)OC[C@@H]1Cc1ccccc1. The van der Waals surface area contributed by atoms with Gasteiger partial charge in [-0.1, -0.05) is 49.8 Å². The highest BCUT2D eigenvalue weighted by Gasteiger charge is 2.36. The number of rotatable bonds is 5. The lowest BCUT2D eigenvalue weighted by Crippen LogP contribution is -2.39. The van der Waals surface area contributed by atoms with Crippen LogP contribution in [-0.4, -0.2) is 29.5 Å². The molecule has 0 radical (unpaired) electrons. The normalized spacial score (nSPS) is 18.6. The van der Waals surface area contributed by atoms with Crippen molar-refractivity contribution in [2.45, 2.75) is 32.2 Å². The molecule has 0 aromatic heterocycles. The number of amides is 2. The first kappa shape index (κ1) is 14.3. The topological polar surface area (TPSA) is 46.6 Å². The van der Waals surface area contributed by atoms with Crippen molar-refractivity contribution in [3.63, 3.8) is 0 Å². The lowest BCUT2D eigenvalue weighted by molar-refractivity contribution is -0.124. The molecule has 1 aromatic carbocycles. The summed E-state index contributed by atoms with van der Waals surface area (Å²) in [5.41, 5.74) is 1.09. The van der Waals surface area contributed by atoms with Gasteiger partial charge in [0.15, 0.2) is 0 Å². The summed E-state index contributed by atoms with van der Waals surface area (Å²) in [6.07, 6.45) is 5.15. The van der Waals surface area contributed by atoms with Gasteiger partial charge >= 0.3 is 6.09 Å². The maximum absolute atomic E-state index is 12.1. The highest BCUT2D eigenvalue weighted by atomic mass is 16.6. The molecule has 1 aromatic rings. The van der Waals surface area contributed by atoms with E-state index in [1.807, 2.05) is 37.3 Å². The number of ether oxygens (including phenoxy) is 1. The Bertz CT molecular complexity index is 496. The van der Waals surface area contributed by atoms with Gasteiger partial charge in [-0.15, -0.1) is 0 Å². The monoisotopic (exact) mass is 273 g/mol. The van der Waals surface area contributed by atoms with Crippen LogP contribution in [-0.2, 0) is 16.0 Å². The molecular weight excluding hydrogens is 254 g/mol. The minimum atomic E-state index is -0.544. The van der Waals surface area contributed by atoms with Crippen molar-refractivity contribution in [1.29, 1.82) is 0 Å². The van der Waals surface area contributed by atoms with E-state index < -0.39 is 6.09 Å². The van der Waals surface area contributed by atoms with Crippen molar-refractivity contribution >= 4 is 12.0 Å². The van der Waals surface area contributed by atoms with Crippen LogP contribution in [0, 0.1) is 0 Å². The van der Waals surface area contributed by atoms with Crippen molar-refractivity contribution in [2.24, 2.45) is 0 Å². The van der Waals surface area contributed by atoms with Crippen LogP contribution in [0.2, 0.25) is 0 Å². The van der Waals surface area contributed by atoms with E-state index in [0.717, 1.165) is 18.4 Å². The maximum atomic E-state index is 12.1. The number of hydrogen-bond acceptors (Lipinski definition) is 3. The smallest absolute Gasteiger partial charge is 0.417 e. The average molecular weight is 273 g/mol. The molecule has 0 bridgehead atoms. The fourth-order valence-corrected chi connectivity index (χ4v) is 2.20. The van der Waals surface area contributed by atoms with Crippen LogP contribution in [0.25, 0.3) is 0 Å². The summed E-state index contributed by atoms with van der Waals surface area (Å²) in [5.74, 6) is -0.290. The summed E-state index contributed by atoms with van der Waals surface area (Å²) in [6.45, 7) is 2.30. The fraction of sp³-hybridized carbons (Fsp3) is 0.375. The van der Waals surface area contributed by atoms with Crippen LogP contribution in [0.3, 0.4) is 0 Å². The number of carbonyl (C=O) groups excluding carboxylic acids is 2. The molecule has 1 aliphatic heterocycles. The molecule has 2 rings (SSSR count). The molecule has 1 fully saturated rings. The predicted octanol–water partition coefficient (Wildman–Crippen LogP) is 2.93. The average Bonchev–Trinajstić information content (AvgIpc) is 2.81. The van der Waals surface area contributed by atoms with E-state index in [1.54, 1.807) is 6.08 Å². The molecule has 0 aliphatic carbocycles. The number of imide groups is 1. The number of nitrogens with zero attached hydrogens (tertiary/aromatic N) is 1. The first-order valence-corrected chi connectivity index (χ1v) is 6.92. The van der Waals surface area contributed by atoms with E-state index in [9.17, 15) is 9.59 Å². The molecule has 0 unspecified atom stereocenters. The first-order valence-electron chi connectivity index (χ1n) is 6.92. The lowest BCUT2D eigenvalue weighted by Gasteiger charge is -2.18. The highest BCUT2D eigenvalue weighted by Crippen LogP contribution is 2.17. The molecular formula is C16H19NO3. The Morgan fingerprint density at radius 1 is 1.40 bits per heavy atom. The number of unbranched alkanes of at least 4 members (excludes halogenated alkanes) is 1. The molecule has 1 atom stereocenters. The molecule has 0 spiro atoms. The summed E-state index contributed by atoms with van der Waals surface area (Å²) in [6, 6.07) is 9.58. The third-order valence-corrected chi connectivity index (χ3v) is 3.23. The Kier molecular flexibility index (Phi) is 4.93. The zero-order valence-electron chi connectivity index (χ0n) is 11.6. The Morgan fingerprint density at radius 2 is 2.15 bits per heavy atom. The highest BCUT2D eigenvalue weighted by molar-refractivity contribution is 5.99. The van der Waals surface area contributed by atoms with E-state index in [0.29, 0.717) is 6.42 Å². The summed E-state index contributed by atoms with van der Waals surface area (Å²) >= 11 is 0. The van der Waals surface area contributed by atoms with Crippen molar-refractivity contribution in [1.82, 2.24) is 4.90 Å². The van der Waals surface area contributed by atoms with Gasteiger partial charge in [-0.05, 0) is 24.5 Å². The maximum Gasteiger partial charge on any atom is 0.417 e. The fourth-order valence-electron chi connectivity index (χ4n) is 2.20. The quantitative estimate of drug-likeness (QED) is 0.775. The molecule has 0 saturated carbocycles. The molecule has 4 heteroatoms. The van der Waals surface area contributed by atoms with Crippen LogP contribution in [0.5, 0.6) is 0 Å². The van der Waals surface area contributed by atoms with Gasteiger partial charge in [-0.3, -0.25) is 4.79 Å². The summed E-state index contributed by atoms with van der Waals surface area (Å²) < 4.78 is 5.01. The minimum Gasteiger partial charge on any atom is -0.447 e. The molecule has 106 valence electrons. The second-order valence-electron chi connectivity index (χ2n) is 4.82. The van der Waals surface area contributed by atoms with Crippen LogP contribution in [0.1, 0.15) is 25.3 Å². The van der Waals surface area contributed by atoms with Crippen molar-refractivity contribution in [2.75, 3.05) is 6.61 Å². The third-order valence-electron chi connectivity index (χ3n) is 3.23. The van der Waals surface area contributed by atoms with Gasteiger partial charge in [0.1, 0.15) is 6.61 Å². The van der Waals surface area contributed by atoms with E-state index in [2.05, 4.69) is 0 Å². The zero-order valence-corrected chi connectivity index (χ0v) is 11.6. The van der Waals surface area contributed by atoms with Gasteiger partial charge in [-0.2, -0.15) is 0 Å². The van der Waals surface area contributed by atoms with Crippen molar-refractivity contribution < 1.29 is 14.3 Å². The molecule has 2 amide bonds. The molecule has 1 aliphatic rings. The van der Waals surface area contributed by atoms with Crippen molar-refractivity contribution in [3.8, 4) is 0 Å². The van der Waals surface area contributed by atoms with Gasteiger partial charge in [0.05, 0.1) is 6.04 Å². The van der Waals surface area contributed by atoms with Crippen LogP contribution >= 0.6 is 0 Å². The molecule has 20 heavy (non-hydrogen) atoms. The number of hydrogen-bond donors (Lipinski definition) is 0. The first-order chi connectivity index (χ1) is 9.72. The van der Waals surface area contributed by atoms with Gasteiger partial charge in [0.25, 0.3) is 5.91 Å². The number of allylic oxidation sites excluding steroid dienone is 1. The molecule has 1 heterocycles. The van der Waals surface area contributed by atoms with Crippen LogP contribution < -0.4 is 0 Å². The van der Waals surface area contributed by atoms with E-state index in [-0.39, 0.29) is 18.6 Å². The summed E-state index contributed by atoms with van der Waals surface area (Å²) in [5, 5.41) is 0. The van der Waals surface area contributed by atoms with Gasteiger partial charge in [0.2, 0.25) is 0 Å². The number of cyclic esters (lactones) is 1. The van der Waals surface area contributed by atoms with E-state index in [1.165, 1.54) is 11.0 Å². The van der Waals surface area contributed by atoms with E-state index in [4.69, 9.17) is 4.74 Å². The van der Waals surface area contributed by atoms with Gasteiger partial charge in [0, 0.05) is 0 Å². The second-order valence-corrected chi connectivity index (χ2v) is 4.82. The number of carbonyl (C=O) groups is 2. The second kappa shape index (κ2) is 6.89. The third kappa shape index (κ3) is 3.47. The Morgan fingerprint density at radius 3 is 2.85 bits per heavy atom. The largest absolute Gasteiger partial charge is 0.447 e. The Labute approximate surface area is 119 Å². The Balaban J connectivity index is 2.05.